The van der Waals surface area contributed by atoms with E-state index in [2.05, 4.69) is 48.9 Å². The summed E-state index contributed by atoms with van der Waals surface area (Å²) in [4.78, 5) is 20.5. The van der Waals surface area contributed by atoms with Gasteiger partial charge in [-0.25, -0.2) is 0 Å². The molecule has 0 aliphatic heterocycles. The summed E-state index contributed by atoms with van der Waals surface area (Å²) in [7, 11) is 0. The van der Waals surface area contributed by atoms with Crippen LogP contribution >= 0.6 is 45.3 Å². The van der Waals surface area contributed by atoms with Crippen LogP contribution in [0.1, 0.15) is 27.0 Å². The maximum atomic E-state index is 13.1. The molecule has 1 aliphatic rings. The lowest BCUT2D eigenvalue weighted by atomic mass is 10.0. The molecule has 0 saturated carbocycles. The van der Waals surface area contributed by atoms with E-state index in [9.17, 15) is 4.79 Å². The topological polar surface area (TPSA) is 17.1 Å². The molecule has 0 saturated heterocycles. The van der Waals surface area contributed by atoms with Crippen LogP contribution in [0.25, 0.3) is 29.3 Å². The Kier molecular flexibility index (Phi) is 3.22. The molecule has 0 spiro atoms. The smallest absolute Gasteiger partial charge is 0.196 e. The third-order valence-corrected chi connectivity index (χ3v) is 9.29. The van der Waals surface area contributed by atoms with Gasteiger partial charge in [0.1, 0.15) is 0 Å². The van der Waals surface area contributed by atoms with Gasteiger partial charge < -0.3 is 0 Å². The Bertz CT molecular complexity index is 989. The predicted octanol–water partition coefficient (Wildman–Crippen LogP) is 7.09. The van der Waals surface area contributed by atoms with Crippen molar-refractivity contribution in [2.24, 2.45) is 0 Å². The summed E-state index contributed by atoms with van der Waals surface area (Å²) in [6.45, 7) is 4.18. The lowest BCUT2D eigenvalue weighted by molar-refractivity contribution is 0.104. The molecule has 5 heteroatoms. The molecule has 0 N–H and O–H groups in total. The number of hydrogen-bond acceptors (Lipinski definition) is 5. The first-order chi connectivity index (χ1) is 11.7. The molecule has 4 heterocycles. The number of thiophene rings is 4. The number of rotatable bonds is 2. The molecule has 1 aliphatic carbocycles. The monoisotopic (exact) mass is 384 g/mol. The highest BCUT2D eigenvalue weighted by atomic mass is 32.1. The standard InChI is InChI=1S/C19H12OS4/c1-9-13-15(20)14-10(2)17(12-6-4-8-22-12)24-19(14)18(13)23-16(9)11-5-3-7-21-11/h3-8H,1-2H3. The lowest BCUT2D eigenvalue weighted by Crippen LogP contribution is -1.98. The molecular formula is C19H12OS4. The molecule has 0 bridgehead atoms. The summed E-state index contributed by atoms with van der Waals surface area (Å²) in [5, 5.41) is 4.19. The van der Waals surface area contributed by atoms with E-state index < -0.39 is 0 Å². The first-order valence-corrected chi connectivity index (χ1v) is 11.0. The Morgan fingerprint density at radius 1 is 0.708 bits per heavy atom. The Morgan fingerprint density at radius 2 is 1.17 bits per heavy atom. The zero-order valence-electron chi connectivity index (χ0n) is 13.0. The highest BCUT2D eigenvalue weighted by molar-refractivity contribution is 7.29. The second-order valence-electron chi connectivity index (χ2n) is 5.80. The van der Waals surface area contributed by atoms with Gasteiger partial charge in [-0.15, -0.1) is 45.3 Å². The van der Waals surface area contributed by atoms with E-state index in [1.807, 2.05) is 0 Å². The zero-order chi connectivity index (χ0) is 16.4. The van der Waals surface area contributed by atoms with E-state index in [1.54, 1.807) is 45.3 Å². The fourth-order valence-corrected chi connectivity index (χ4v) is 7.88. The van der Waals surface area contributed by atoms with Crippen LogP contribution in [0.4, 0.5) is 0 Å². The molecule has 0 amide bonds. The summed E-state index contributed by atoms with van der Waals surface area (Å²) >= 11 is 7.03. The quantitative estimate of drug-likeness (QED) is 0.317. The van der Waals surface area contributed by atoms with Crippen molar-refractivity contribution in [1.29, 1.82) is 0 Å². The van der Waals surface area contributed by atoms with E-state index in [1.165, 1.54) is 29.3 Å². The maximum Gasteiger partial charge on any atom is 0.196 e. The molecule has 118 valence electrons. The van der Waals surface area contributed by atoms with Crippen LogP contribution < -0.4 is 0 Å². The van der Waals surface area contributed by atoms with Crippen molar-refractivity contribution in [3.63, 3.8) is 0 Å². The first-order valence-electron chi connectivity index (χ1n) is 7.56. The van der Waals surface area contributed by atoms with Crippen molar-refractivity contribution in [1.82, 2.24) is 0 Å². The van der Waals surface area contributed by atoms with E-state index in [-0.39, 0.29) is 5.78 Å². The van der Waals surface area contributed by atoms with Crippen LogP contribution in [0, 0.1) is 13.8 Å². The van der Waals surface area contributed by atoms with Gasteiger partial charge in [-0.2, -0.15) is 0 Å². The number of carbonyl (C=O) groups excluding carboxylic acids is 1. The van der Waals surface area contributed by atoms with Crippen molar-refractivity contribution in [2.75, 3.05) is 0 Å². The largest absolute Gasteiger partial charge is 0.288 e. The zero-order valence-corrected chi connectivity index (χ0v) is 16.3. The second kappa shape index (κ2) is 5.23. The van der Waals surface area contributed by atoms with E-state index in [0.717, 1.165) is 22.3 Å². The third-order valence-electron chi connectivity index (χ3n) is 4.44. The summed E-state index contributed by atoms with van der Waals surface area (Å²) in [5.41, 5.74) is 4.15. The van der Waals surface area contributed by atoms with Gasteiger partial charge in [0, 0.05) is 30.6 Å². The van der Waals surface area contributed by atoms with Crippen LogP contribution in [0.5, 0.6) is 0 Å². The molecule has 0 unspecified atom stereocenters. The summed E-state index contributed by atoms with van der Waals surface area (Å²) < 4.78 is 0. The molecule has 0 aromatic carbocycles. The molecule has 0 fully saturated rings. The summed E-state index contributed by atoms with van der Waals surface area (Å²) in [6.07, 6.45) is 0. The van der Waals surface area contributed by atoms with Crippen molar-refractivity contribution in [3.05, 3.63) is 57.3 Å². The van der Waals surface area contributed by atoms with Crippen molar-refractivity contribution >= 4 is 51.1 Å². The fourth-order valence-electron chi connectivity index (χ4n) is 3.30. The maximum absolute atomic E-state index is 13.1. The van der Waals surface area contributed by atoms with Crippen molar-refractivity contribution in [3.8, 4) is 29.3 Å². The molecule has 5 rings (SSSR count). The van der Waals surface area contributed by atoms with Gasteiger partial charge in [0.25, 0.3) is 0 Å². The second-order valence-corrected chi connectivity index (χ2v) is 9.74. The normalized spacial score (nSPS) is 12.7. The fraction of sp³-hybridized carbons (Fsp3) is 0.105. The van der Waals surface area contributed by atoms with Crippen molar-refractivity contribution in [2.45, 2.75) is 13.8 Å². The van der Waals surface area contributed by atoms with Gasteiger partial charge in [0.15, 0.2) is 5.78 Å². The predicted molar refractivity (Wildman–Crippen MR) is 107 cm³/mol. The Morgan fingerprint density at radius 3 is 1.54 bits per heavy atom. The van der Waals surface area contributed by atoms with Crippen LogP contribution in [-0.2, 0) is 0 Å². The minimum Gasteiger partial charge on any atom is -0.288 e. The van der Waals surface area contributed by atoms with E-state index >= 15 is 0 Å². The van der Waals surface area contributed by atoms with Gasteiger partial charge in [-0.1, -0.05) is 12.1 Å². The van der Waals surface area contributed by atoms with Gasteiger partial charge in [-0.3, -0.25) is 4.79 Å². The Hall–Kier alpha value is -1.53. The Labute approximate surface area is 155 Å². The van der Waals surface area contributed by atoms with Crippen LogP contribution in [0.3, 0.4) is 0 Å². The summed E-state index contributed by atoms with van der Waals surface area (Å²) in [6, 6.07) is 8.42. The Balaban J connectivity index is 1.75. The average molecular weight is 385 g/mol. The average Bonchev–Trinajstić information content (AvgIpc) is 3.34. The molecule has 0 radical (unpaired) electrons. The third kappa shape index (κ3) is 1.87. The minimum absolute atomic E-state index is 0.216. The highest BCUT2D eigenvalue weighted by Gasteiger charge is 2.37. The van der Waals surface area contributed by atoms with Gasteiger partial charge in [-0.05, 0) is 47.9 Å². The minimum atomic E-state index is 0.216. The highest BCUT2D eigenvalue weighted by Crippen LogP contribution is 2.54. The molecule has 4 aromatic heterocycles. The van der Waals surface area contributed by atoms with E-state index in [0.29, 0.717) is 0 Å². The van der Waals surface area contributed by atoms with Crippen LogP contribution in [0.2, 0.25) is 0 Å². The molecular weight excluding hydrogens is 372 g/mol. The number of fused-ring (bicyclic) bond motifs is 3. The molecule has 1 nitrogen and oxygen atoms in total. The van der Waals surface area contributed by atoms with Gasteiger partial charge in [0.05, 0.1) is 9.75 Å². The first kappa shape index (κ1) is 14.8. The van der Waals surface area contributed by atoms with Gasteiger partial charge in [0.2, 0.25) is 0 Å². The lowest BCUT2D eigenvalue weighted by Gasteiger charge is -2.00. The SMILES string of the molecule is Cc1c(-c2cccs2)sc2c1C(=O)c1c-2sc(-c2cccs2)c1C. The molecule has 0 atom stereocenters. The molecule has 24 heavy (non-hydrogen) atoms. The van der Waals surface area contributed by atoms with E-state index in [4.69, 9.17) is 0 Å². The number of carbonyl (C=O) groups is 1. The van der Waals surface area contributed by atoms with Crippen LogP contribution in [0.15, 0.2) is 35.0 Å². The number of ketones is 1. The number of hydrogen-bond donors (Lipinski definition) is 0. The van der Waals surface area contributed by atoms with Gasteiger partial charge >= 0.3 is 0 Å². The van der Waals surface area contributed by atoms with Crippen molar-refractivity contribution < 1.29 is 4.79 Å². The summed E-state index contributed by atoms with van der Waals surface area (Å²) in [5.74, 6) is 0.216. The molecule has 4 aromatic rings. The van der Waals surface area contributed by atoms with Crippen LogP contribution in [-0.4, -0.2) is 5.78 Å².